The van der Waals surface area contributed by atoms with Crippen LogP contribution < -0.4 is 5.73 Å². The topological polar surface area (TPSA) is 62.8 Å². The van der Waals surface area contributed by atoms with Crippen molar-refractivity contribution in [3.05, 3.63) is 16.1 Å². The monoisotopic (exact) mass is 181 g/mol. The molecule has 0 aromatic carbocycles. The first-order chi connectivity index (χ1) is 5.77. The molecule has 1 aromatic heterocycles. The minimum absolute atomic E-state index is 0.237. The van der Waals surface area contributed by atoms with Crippen molar-refractivity contribution in [2.24, 2.45) is 5.73 Å². The summed E-state index contributed by atoms with van der Waals surface area (Å²) in [5.74, 6) is 0.909. The Labute approximate surface area is 75.1 Å². The Morgan fingerprint density at radius 2 is 2.50 bits per heavy atom. The minimum Gasteiger partial charge on any atom is -0.387 e. The van der Waals surface area contributed by atoms with Crippen LogP contribution in [-0.2, 0) is 6.42 Å². The molecule has 0 unspecified atom stereocenters. The number of nitrogens with zero attached hydrogens (tertiary/aromatic N) is 1. The fourth-order valence-corrected chi connectivity index (χ4v) is 2.15. The predicted octanol–water partition coefficient (Wildman–Crippen LogP) is 1.50. The predicted molar refractivity (Wildman–Crippen MR) is 49.7 cm³/mol. The molecule has 0 radical (unpaired) electrons. The van der Waals surface area contributed by atoms with Crippen molar-refractivity contribution in [2.45, 2.75) is 25.2 Å². The molecule has 1 aromatic rings. The zero-order chi connectivity index (χ0) is 8.55. The summed E-state index contributed by atoms with van der Waals surface area (Å²) in [5.41, 5.74) is 8.38. The highest BCUT2D eigenvalue weighted by atomic mass is 32.1. The molecule has 3 N–H and O–H groups in total. The summed E-state index contributed by atoms with van der Waals surface area (Å²) in [6.45, 7) is 0. The highest BCUT2D eigenvalue weighted by Crippen LogP contribution is 2.41. The van der Waals surface area contributed by atoms with Crippen molar-refractivity contribution in [1.82, 2.24) is 4.98 Å². The van der Waals surface area contributed by atoms with Gasteiger partial charge in [-0.1, -0.05) is 0 Å². The maximum Gasteiger partial charge on any atom is 0.0959 e. The number of nitrogens with two attached hydrogens (primary N) is 1. The molecule has 0 atom stereocenters. The zero-order valence-corrected chi connectivity index (χ0v) is 7.53. The lowest BCUT2D eigenvalue weighted by molar-refractivity contribution is 1.02. The van der Waals surface area contributed by atoms with E-state index in [0.29, 0.717) is 12.3 Å². The Bertz CT molecular complexity index is 301. The van der Waals surface area contributed by atoms with Crippen molar-refractivity contribution in [1.29, 1.82) is 5.41 Å². The molecule has 1 aliphatic carbocycles. The summed E-state index contributed by atoms with van der Waals surface area (Å²) in [6.07, 6.45) is 3.10. The van der Waals surface area contributed by atoms with E-state index < -0.39 is 0 Å². The molecule has 3 nitrogen and oxygen atoms in total. The van der Waals surface area contributed by atoms with Crippen LogP contribution >= 0.6 is 11.3 Å². The van der Waals surface area contributed by atoms with Crippen molar-refractivity contribution in [2.75, 3.05) is 0 Å². The fraction of sp³-hybridized carbons (Fsp3) is 0.500. The number of rotatable bonds is 3. The molecule has 64 valence electrons. The minimum atomic E-state index is 0.237. The molecule has 1 saturated carbocycles. The SMILES string of the molecule is N=C(N)Cc1scnc1C1CC1. The Morgan fingerprint density at radius 1 is 1.75 bits per heavy atom. The summed E-state index contributed by atoms with van der Waals surface area (Å²) >= 11 is 1.61. The Kier molecular flexibility index (Phi) is 1.84. The van der Waals surface area contributed by atoms with Gasteiger partial charge in [0.1, 0.15) is 0 Å². The third-order valence-corrected chi connectivity index (χ3v) is 2.84. The van der Waals surface area contributed by atoms with Gasteiger partial charge in [0.15, 0.2) is 0 Å². The van der Waals surface area contributed by atoms with Gasteiger partial charge in [0.25, 0.3) is 0 Å². The van der Waals surface area contributed by atoms with Crippen LogP contribution in [0.5, 0.6) is 0 Å². The molecule has 12 heavy (non-hydrogen) atoms. The van der Waals surface area contributed by atoms with Crippen LogP contribution in [0.15, 0.2) is 5.51 Å². The molecule has 1 heterocycles. The molecule has 1 fully saturated rings. The lowest BCUT2D eigenvalue weighted by atomic mass is 10.2. The number of hydrogen-bond donors (Lipinski definition) is 2. The molecule has 4 heteroatoms. The van der Waals surface area contributed by atoms with Gasteiger partial charge in [0.2, 0.25) is 0 Å². The van der Waals surface area contributed by atoms with Crippen LogP contribution in [0.25, 0.3) is 0 Å². The third-order valence-electron chi connectivity index (χ3n) is 1.99. The second-order valence-corrected chi connectivity index (χ2v) is 4.08. The summed E-state index contributed by atoms with van der Waals surface area (Å²) in [7, 11) is 0. The number of thiazole rings is 1. The average molecular weight is 181 g/mol. The van der Waals surface area contributed by atoms with Gasteiger partial charge in [-0.2, -0.15) is 0 Å². The maximum absolute atomic E-state index is 7.19. The summed E-state index contributed by atoms with van der Waals surface area (Å²) in [4.78, 5) is 5.48. The number of amidine groups is 1. The van der Waals surface area contributed by atoms with Gasteiger partial charge in [0, 0.05) is 17.2 Å². The highest BCUT2D eigenvalue weighted by Gasteiger charge is 2.28. The van der Waals surface area contributed by atoms with E-state index in [1.54, 1.807) is 11.3 Å². The van der Waals surface area contributed by atoms with Crippen LogP contribution in [0.4, 0.5) is 0 Å². The van der Waals surface area contributed by atoms with Crippen LogP contribution in [0.2, 0.25) is 0 Å². The largest absolute Gasteiger partial charge is 0.387 e. The van der Waals surface area contributed by atoms with E-state index in [-0.39, 0.29) is 5.84 Å². The van der Waals surface area contributed by atoms with E-state index in [4.69, 9.17) is 11.1 Å². The lowest BCUT2D eigenvalue weighted by Gasteiger charge is -1.97. The Morgan fingerprint density at radius 3 is 3.08 bits per heavy atom. The molecule has 0 saturated heterocycles. The van der Waals surface area contributed by atoms with E-state index >= 15 is 0 Å². The van der Waals surface area contributed by atoms with Gasteiger partial charge in [-0.25, -0.2) is 4.98 Å². The van der Waals surface area contributed by atoms with Crippen molar-refractivity contribution in [3.8, 4) is 0 Å². The van der Waals surface area contributed by atoms with Gasteiger partial charge in [0.05, 0.1) is 17.0 Å². The van der Waals surface area contributed by atoms with Gasteiger partial charge in [-0.3, -0.25) is 5.41 Å². The van der Waals surface area contributed by atoms with Crippen molar-refractivity contribution in [3.63, 3.8) is 0 Å². The van der Waals surface area contributed by atoms with Crippen molar-refractivity contribution >= 4 is 17.2 Å². The third kappa shape index (κ3) is 1.48. The molecule has 0 amide bonds. The van der Waals surface area contributed by atoms with Gasteiger partial charge >= 0.3 is 0 Å². The van der Waals surface area contributed by atoms with Crippen LogP contribution in [-0.4, -0.2) is 10.8 Å². The molecular formula is C8H11N3S. The van der Waals surface area contributed by atoms with E-state index in [9.17, 15) is 0 Å². The summed E-state index contributed by atoms with van der Waals surface area (Å²) < 4.78 is 0. The second-order valence-electron chi connectivity index (χ2n) is 3.14. The van der Waals surface area contributed by atoms with E-state index in [1.165, 1.54) is 23.4 Å². The number of nitrogens with one attached hydrogen (secondary N) is 1. The smallest absolute Gasteiger partial charge is 0.0959 e. The first-order valence-electron chi connectivity index (χ1n) is 4.02. The lowest BCUT2D eigenvalue weighted by Crippen LogP contribution is -2.12. The molecule has 0 spiro atoms. The molecule has 1 aliphatic rings. The number of aromatic nitrogens is 1. The Hall–Kier alpha value is -0.900. The molecule has 2 rings (SSSR count). The standard InChI is InChI=1S/C8H11N3S/c9-7(10)3-6-8(5-1-2-5)11-4-12-6/h4-5H,1-3H2,(H3,9,10). The van der Waals surface area contributed by atoms with Gasteiger partial charge in [-0.15, -0.1) is 11.3 Å². The van der Waals surface area contributed by atoms with Crippen LogP contribution in [0.3, 0.4) is 0 Å². The van der Waals surface area contributed by atoms with Gasteiger partial charge in [-0.05, 0) is 12.8 Å². The fourth-order valence-electron chi connectivity index (χ4n) is 1.27. The zero-order valence-electron chi connectivity index (χ0n) is 6.71. The molecular weight excluding hydrogens is 170 g/mol. The maximum atomic E-state index is 7.19. The molecule has 0 bridgehead atoms. The summed E-state index contributed by atoms with van der Waals surface area (Å²) in [5, 5.41) is 7.19. The van der Waals surface area contributed by atoms with E-state index in [2.05, 4.69) is 4.98 Å². The first-order valence-corrected chi connectivity index (χ1v) is 4.90. The molecule has 0 aliphatic heterocycles. The number of hydrogen-bond acceptors (Lipinski definition) is 3. The summed E-state index contributed by atoms with van der Waals surface area (Å²) in [6, 6.07) is 0. The van der Waals surface area contributed by atoms with Crippen LogP contribution in [0.1, 0.15) is 29.3 Å². The van der Waals surface area contributed by atoms with Gasteiger partial charge < -0.3 is 5.73 Å². The van der Waals surface area contributed by atoms with E-state index in [0.717, 1.165) is 0 Å². The average Bonchev–Trinajstić information content (AvgIpc) is 2.73. The second kappa shape index (κ2) is 2.86. The first kappa shape index (κ1) is 7.73. The quantitative estimate of drug-likeness (QED) is 0.548. The normalized spacial score (nSPS) is 16.3. The van der Waals surface area contributed by atoms with Crippen LogP contribution in [0, 0.1) is 5.41 Å². The Balaban J connectivity index is 2.18. The van der Waals surface area contributed by atoms with E-state index in [1.807, 2.05) is 5.51 Å². The highest BCUT2D eigenvalue weighted by molar-refractivity contribution is 7.09. The van der Waals surface area contributed by atoms with Crippen molar-refractivity contribution < 1.29 is 0 Å².